The average Bonchev–Trinajstić information content (AvgIpc) is 2.93. The molecule has 3 N–H and O–H groups in total. The molecule has 0 atom stereocenters. The molecule has 1 amide bonds. The standard InChI is InChI=1S/C14H19N5O2/c1-3-19-9-17-18-12(19)8-16-14(20)13-10(15)6-5-7-11(13)21-4-2/h5-7,9H,3-4,8,15H2,1-2H3,(H,16,20). The maximum absolute atomic E-state index is 12.3. The molecule has 0 aliphatic carbocycles. The number of hydrogen-bond donors (Lipinski definition) is 2. The quantitative estimate of drug-likeness (QED) is 0.779. The summed E-state index contributed by atoms with van der Waals surface area (Å²) in [4.78, 5) is 12.3. The molecule has 2 aromatic rings. The highest BCUT2D eigenvalue weighted by Gasteiger charge is 2.16. The Labute approximate surface area is 123 Å². The molecule has 112 valence electrons. The number of carbonyl (C=O) groups excluding carboxylic acids is 1. The second-order valence-electron chi connectivity index (χ2n) is 4.37. The van der Waals surface area contributed by atoms with E-state index < -0.39 is 0 Å². The third kappa shape index (κ3) is 3.31. The van der Waals surface area contributed by atoms with Crippen molar-refractivity contribution in [2.24, 2.45) is 0 Å². The van der Waals surface area contributed by atoms with Crippen LogP contribution in [0.1, 0.15) is 30.0 Å². The molecule has 0 spiro atoms. The molecule has 0 saturated carbocycles. The molecule has 21 heavy (non-hydrogen) atoms. The van der Waals surface area contributed by atoms with Crippen molar-refractivity contribution in [2.45, 2.75) is 26.9 Å². The van der Waals surface area contributed by atoms with Gasteiger partial charge in [0, 0.05) is 12.2 Å². The van der Waals surface area contributed by atoms with E-state index in [9.17, 15) is 4.79 Å². The minimum atomic E-state index is -0.290. The number of nitrogens with zero attached hydrogens (tertiary/aromatic N) is 3. The molecule has 1 aromatic carbocycles. The highest BCUT2D eigenvalue weighted by atomic mass is 16.5. The normalized spacial score (nSPS) is 10.4. The van der Waals surface area contributed by atoms with Crippen LogP contribution < -0.4 is 15.8 Å². The van der Waals surface area contributed by atoms with Crippen LogP contribution in [-0.2, 0) is 13.1 Å². The Morgan fingerprint density at radius 2 is 2.24 bits per heavy atom. The lowest BCUT2D eigenvalue weighted by atomic mass is 10.1. The first-order chi connectivity index (χ1) is 10.2. The summed E-state index contributed by atoms with van der Waals surface area (Å²) in [5, 5.41) is 10.6. The summed E-state index contributed by atoms with van der Waals surface area (Å²) in [5.41, 5.74) is 6.62. The first kappa shape index (κ1) is 14.8. The first-order valence-corrected chi connectivity index (χ1v) is 6.83. The Morgan fingerprint density at radius 1 is 1.43 bits per heavy atom. The number of nitrogen functional groups attached to an aromatic ring is 1. The van der Waals surface area contributed by atoms with Crippen molar-refractivity contribution in [2.75, 3.05) is 12.3 Å². The third-order valence-corrected chi connectivity index (χ3v) is 3.03. The van der Waals surface area contributed by atoms with E-state index >= 15 is 0 Å². The highest BCUT2D eigenvalue weighted by molar-refractivity contribution is 6.01. The fraction of sp³-hybridized carbons (Fsp3) is 0.357. The number of ether oxygens (including phenoxy) is 1. The van der Waals surface area contributed by atoms with Crippen LogP contribution in [0.15, 0.2) is 24.5 Å². The van der Waals surface area contributed by atoms with Crippen LogP contribution in [0.5, 0.6) is 5.75 Å². The summed E-state index contributed by atoms with van der Waals surface area (Å²) in [6.45, 7) is 5.34. The lowest BCUT2D eigenvalue weighted by molar-refractivity contribution is 0.0946. The number of benzene rings is 1. The van der Waals surface area contributed by atoms with E-state index in [-0.39, 0.29) is 12.5 Å². The second-order valence-corrected chi connectivity index (χ2v) is 4.37. The van der Waals surface area contributed by atoms with Gasteiger partial charge in [-0.1, -0.05) is 6.07 Å². The van der Waals surface area contributed by atoms with E-state index in [0.29, 0.717) is 29.4 Å². The Bertz CT molecular complexity index is 624. The molecule has 1 aromatic heterocycles. The zero-order chi connectivity index (χ0) is 15.2. The van der Waals surface area contributed by atoms with E-state index in [1.807, 2.05) is 18.4 Å². The number of aromatic nitrogens is 3. The van der Waals surface area contributed by atoms with E-state index in [2.05, 4.69) is 15.5 Å². The molecule has 0 aliphatic heterocycles. The maximum atomic E-state index is 12.3. The van der Waals surface area contributed by atoms with Crippen molar-refractivity contribution in [3.63, 3.8) is 0 Å². The van der Waals surface area contributed by atoms with Gasteiger partial charge >= 0.3 is 0 Å². The second kappa shape index (κ2) is 6.74. The number of rotatable bonds is 6. The average molecular weight is 289 g/mol. The van der Waals surface area contributed by atoms with Crippen LogP contribution in [0.3, 0.4) is 0 Å². The van der Waals surface area contributed by atoms with Gasteiger partial charge in [-0.2, -0.15) is 0 Å². The zero-order valence-corrected chi connectivity index (χ0v) is 12.2. The summed E-state index contributed by atoms with van der Waals surface area (Å²) < 4.78 is 7.31. The summed E-state index contributed by atoms with van der Waals surface area (Å²) in [7, 11) is 0. The number of nitrogens with one attached hydrogen (secondary N) is 1. The maximum Gasteiger partial charge on any atom is 0.257 e. The first-order valence-electron chi connectivity index (χ1n) is 6.83. The largest absolute Gasteiger partial charge is 0.493 e. The number of anilines is 1. The van der Waals surface area contributed by atoms with Crippen LogP contribution in [0.4, 0.5) is 5.69 Å². The summed E-state index contributed by atoms with van der Waals surface area (Å²) in [5.74, 6) is 0.882. The van der Waals surface area contributed by atoms with E-state index in [1.54, 1.807) is 24.5 Å². The molecule has 1 heterocycles. The van der Waals surface area contributed by atoms with Crippen molar-refractivity contribution >= 4 is 11.6 Å². The Balaban J connectivity index is 2.13. The van der Waals surface area contributed by atoms with Crippen molar-refractivity contribution in [1.29, 1.82) is 0 Å². The number of hydrogen-bond acceptors (Lipinski definition) is 5. The van der Waals surface area contributed by atoms with Crippen molar-refractivity contribution in [1.82, 2.24) is 20.1 Å². The molecule has 7 heteroatoms. The lowest BCUT2D eigenvalue weighted by Crippen LogP contribution is -2.26. The van der Waals surface area contributed by atoms with Crippen LogP contribution in [0.2, 0.25) is 0 Å². The summed E-state index contributed by atoms with van der Waals surface area (Å²) in [6, 6.07) is 5.15. The van der Waals surface area contributed by atoms with Crippen molar-refractivity contribution in [3.05, 3.63) is 35.9 Å². The van der Waals surface area contributed by atoms with E-state index in [1.165, 1.54) is 0 Å². The molecular weight excluding hydrogens is 270 g/mol. The Morgan fingerprint density at radius 3 is 2.95 bits per heavy atom. The topological polar surface area (TPSA) is 95.1 Å². The predicted octanol–water partition coefficient (Wildman–Crippen LogP) is 1.21. The fourth-order valence-electron chi connectivity index (χ4n) is 1.99. The molecule has 2 rings (SSSR count). The third-order valence-electron chi connectivity index (χ3n) is 3.03. The predicted molar refractivity (Wildman–Crippen MR) is 78.9 cm³/mol. The number of carbonyl (C=O) groups is 1. The van der Waals surface area contributed by atoms with E-state index in [0.717, 1.165) is 6.54 Å². The number of amides is 1. The van der Waals surface area contributed by atoms with Gasteiger partial charge < -0.3 is 20.4 Å². The van der Waals surface area contributed by atoms with Gasteiger partial charge in [-0.25, -0.2) is 0 Å². The van der Waals surface area contributed by atoms with Crippen LogP contribution >= 0.6 is 0 Å². The van der Waals surface area contributed by atoms with Gasteiger partial charge in [0.05, 0.1) is 13.2 Å². The zero-order valence-electron chi connectivity index (χ0n) is 12.2. The van der Waals surface area contributed by atoms with Gasteiger partial charge in [-0.15, -0.1) is 10.2 Å². The molecule has 0 saturated heterocycles. The lowest BCUT2D eigenvalue weighted by Gasteiger charge is -2.12. The molecule has 0 fully saturated rings. The molecule has 7 nitrogen and oxygen atoms in total. The van der Waals surface area contributed by atoms with Gasteiger partial charge in [0.1, 0.15) is 17.6 Å². The number of aryl methyl sites for hydroxylation is 1. The van der Waals surface area contributed by atoms with Gasteiger partial charge in [0.15, 0.2) is 5.82 Å². The van der Waals surface area contributed by atoms with Crippen molar-refractivity contribution < 1.29 is 9.53 Å². The van der Waals surface area contributed by atoms with Crippen molar-refractivity contribution in [3.8, 4) is 5.75 Å². The molecule has 0 aliphatic rings. The minimum Gasteiger partial charge on any atom is -0.493 e. The monoisotopic (exact) mass is 289 g/mol. The van der Waals surface area contributed by atoms with E-state index in [4.69, 9.17) is 10.5 Å². The SMILES string of the molecule is CCOc1cccc(N)c1C(=O)NCc1nncn1CC. The van der Waals surface area contributed by atoms with Crippen LogP contribution in [0, 0.1) is 0 Å². The van der Waals surface area contributed by atoms with Gasteiger partial charge in [-0.05, 0) is 26.0 Å². The Kier molecular flexibility index (Phi) is 4.76. The van der Waals surface area contributed by atoms with Crippen LogP contribution in [0.25, 0.3) is 0 Å². The summed E-state index contributed by atoms with van der Waals surface area (Å²) >= 11 is 0. The fourth-order valence-corrected chi connectivity index (χ4v) is 1.99. The molecule has 0 radical (unpaired) electrons. The Hall–Kier alpha value is -2.57. The van der Waals surface area contributed by atoms with Crippen LogP contribution in [-0.4, -0.2) is 27.3 Å². The molecular formula is C14H19N5O2. The number of nitrogens with two attached hydrogens (primary N) is 1. The van der Waals surface area contributed by atoms with Gasteiger partial charge in [0.2, 0.25) is 0 Å². The molecule has 0 bridgehead atoms. The minimum absolute atomic E-state index is 0.284. The smallest absolute Gasteiger partial charge is 0.257 e. The summed E-state index contributed by atoms with van der Waals surface area (Å²) in [6.07, 6.45) is 1.63. The van der Waals surface area contributed by atoms with Gasteiger partial charge in [-0.3, -0.25) is 4.79 Å². The van der Waals surface area contributed by atoms with Gasteiger partial charge in [0.25, 0.3) is 5.91 Å². The highest BCUT2D eigenvalue weighted by Crippen LogP contribution is 2.24. The molecule has 0 unspecified atom stereocenters.